The van der Waals surface area contributed by atoms with E-state index in [9.17, 15) is 0 Å². The topological polar surface area (TPSA) is 20.7 Å². The summed E-state index contributed by atoms with van der Waals surface area (Å²) >= 11 is 3.36. The van der Waals surface area contributed by atoms with Crippen LogP contribution in [0.25, 0.3) is 61.7 Å². The van der Waals surface area contributed by atoms with Gasteiger partial charge in [-0.2, -0.15) is 0 Å². The highest BCUT2D eigenvalue weighted by atomic mass is 79.9. The predicted molar refractivity (Wildman–Crippen MR) is 204 cm³/mol. The summed E-state index contributed by atoms with van der Waals surface area (Å²) < 4.78 is 3.49. The molecule has 7 aromatic rings. The van der Waals surface area contributed by atoms with Gasteiger partial charge < -0.3 is 9.55 Å². The van der Waals surface area contributed by atoms with E-state index in [0.29, 0.717) is 0 Å². The Balaban J connectivity index is 0.000000301. The number of aryl methyl sites for hydroxylation is 1. The van der Waals surface area contributed by atoms with Gasteiger partial charge in [0.05, 0.1) is 11.0 Å². The highest BCUT2D eigenvalue weighted by Gasteiger charge is 2.14. The summed E-state index contributed by atoms with van der Waals surface area (Å²) in [5, 5.41) is 3.68. The molecule has 2 nitrogen and oxygen atoms in total. The Labute approximate surface area is 276 Å². The van der Waals surface area contributed by atoms with Gasteiger partial charge in [-0.25, -0.2) is 0 Å². The molecule has 0 spiro atoms. The summed E-state index contributed by atoms with van der Waals surface area (Å²) in [4.78, 5) is 3.43. The maximum Gasteiger partial charge on any atom is 0.0541 e. The van der Waals surface area contributed by atoms with Crippen LogP contribution in [0, 0.1) is 6.92 Å². The summed E-state index contributed by atoms with van der Waals surface area (Å²) in [5.41, 5.74) is 10.5. The van der Waals surface area contributed by atoms with Crippen LogP contribution in [0.5, 0.6) is 0 Å². The molecule has 1 N–H and O–H groups in total. The molecule has 3 heteroatoms. The highest BCUT2D eigenvalue weighted by molar-refractivity contribution is 9.10. The molecule has 45 heavy (non-hydrogen) atoms. The Morgan fingerprint density at radius 1 is 0.667 bits per heavy atom. The first kappa shape index (κ1) is 33.3. The average Bonchev–Trinajstić information content (AvgIpc) is 3.61. The number of aromatic amines is 1. The predicted octanol–water partition coefficient (Wildman–Crippen LogP) is 13.4. The second kappa shape index (κ2) is 15.9. The Hall–Kier alpha value is -4.60. The number of nitrogens with one attached hydrogen (secondary N) is 1. The van der Waals surface area contributed by atoms with Gasteiger partial charge in [-0.3, -0.25) is 0 Å². The zero-order chi connectivity index (χ0) is 32.3. The molecule has 0 atom stereocenters. The number of aromatic nitrogens is 2. The minimum absolute atomic E-state index is 1.01. The van der Waals surface area contributed by atoms with Crippen molar-refractivity contribution in [3.63, 3.8) is 0 Å². The van der Waals surface area contributed by atoms with Gasteiger partial charge in [0.25, 0.3) is 0 Å². The van der Waals surface area contributed by atoms with Crippen LogP contribution in [0.1, 0.15) is 50.9 Å². The average molecular weight is 656 g/mol. The van der Waals surface area contributed by atoms with E-state index >= 15 is 0 Å². The fourth-order valence-electron chi connectivity index (χ4n) is 5.41. The third-order valence-electron chi connectivity index (χ3n) is 7.28. The third-order valence-corrected chi connectivity index (χ3v) is 7.77. The maximum atomic E-state index is 4.00. The summed E-state index contributed by atoms with van der Waals surface area (Å²) in [5.74, 6) is 0. The minimum atomic E-state index is 1.01. The normalized spacial score (nSPS) is 10.3. The van der Waals surface area contributed by atoms with E-state index in [1.807, 2.05) is 38.1 Å². The van der Waals surface area contributed by atoms with Crippen molar-refractivity contribution in [1.29, 1.82) is 0 Å². The van der Waals surface area contributed by atoms with Gasteiger partial charge in [-0.05, 0) is 78.7 Å². The van der Waals surface area contributed by atoms with Crippen molar-refractivity contribution in [3.8, 4) is 16.8 Å². The lowest BCUT2D eigenvalue weighted by Crippen LogP contribution is -1.92. The number of benzene rings is 5. The van der Waals surface area contributed by atoms with Crippen LogP contribution in [0.2, 0.25) is 0 Å². The first-order valence-electron chi connectivity index (χ1n) is 15.7. The van der Waals surface area contributed by atoms with Gasteiger partial charge in [-0.15, -0.1) is 0 Å². The van der Waals surface area contributed by atoms with Crippen molar-refractivity contribution in [2.75, 3.05) is 0 Å². The quantitative estimate of drug-likeness (QED) is 0.195. The van der Waals surface area contributed by atoms with Crippen molar-refractivity contribution >= 4 is 60.8 Å². The third kappa shape index (κ3) is 7.38. The van der Waals surface area contributed by atoms with Gasteiger partial charge in [0.2, 0.25) is 0 Å². The molecule has 0 amide bonds. The SMILES string of the molecule is C=Cc1[nH]c2ccc(-c3ccc4c(c3)c3ccccc3n4-c3ccccc3)cc2c1C=C.CC.CCC.Cc1cccc(Br)c1. The number of H-pyrrole nitrogens is 1. The van der Waals surface area contributed by atoms with Crippen LogP contribution in [0.4, 0.5) is 0 Å². The Morgan fingerprint density at radius 2 is 1.29 bits per heavy atom. The van der Waals surface area contributed by atoms with Gasteiger partial charge in [0.15, 0.2) is 0 Å². The molecule has 5 aromatic carbocycles. The van der Waals surface area contributed by atoms with Crippen molar-refractivity contribution in [2.45, 2.75) is 41.0 Å². The lowest BCUT2D eigenvalue weighted by molar-refractivity contribution is 1.09. The van der Waals surface area contributed by atoms with Crippen LogP contribution < -0.4 is 0 Å². The largest absolute Gasteiger partial charge is 0.355 e. The lowest BCUT2D eigenvalue weighted by Gasteiger charge is -2.08. The smallest absolute Gasteiger partial charge is 0.0541 e. The zero-order valence-corrected chi connectivity index (χ0v) is 28.7. The van der Waals surface area contributed by atoms with Crippen molar-refractivity contribution in [3.05, 3.63) is 150 Å². The molecule has 0 aliphatic carbocycles. The first-order chi connectivity index (χ1) is 22.0. The van der Waals surface area contributed by atoms with Crippen molar-refractivity contribution in [2.24, 2.45) is 0 Å². The van der Waals surface area contributed by atoms with Gasteiger partial charge >= 0.3 is 0 Å². The van der Waals surface area contributed by atoms with Crippen molar-refractivity contribution in [1.82, 2.24) is 9.55 Å². The second-order valence-electron chi connectivity index (χ2n) is 10.5. The number of halogens is 1. The number of para-hydroxylation sites is 2. The van der Waals surface area contributed by atoms with Crippen LogP contribution in [0.15, 0.2) is 133 Å². The highest BCUT2D eigenvalue weighted by Crippen LogP contribution is 2.36. The summed E-state index contributed by atoms with van der Waals surface area (Å²) in [6.45, 7) is 18.2. The standard InChI is InChI=1S/C30H22N2.C7H7Br.C3H8.C2H6/c1-3-23-25-18-20(14-16-28(25)31-27(23)4-2)21-15-17-30-26(19-21)24-12-8-9-13-29(24)32(30)22-10-6-5-7-11-22;1-6-3-2-4-7(8)5-6;1-3-2;1-2/h3-19,31H,1-2H2;2-5H,1H3;3H2,1-2H3;1-2H3. The molecule has 2 heterocycles. The van der Waals surface area contributed by atoms with Gasteiger partial charge in [-0.1, -0.05) is 136 Å². The Kier molecular flexibility index (Phi) is 11.8. The summed E-state index contributed by atoms with van der Waals surface area (Å²) in [7, 11) is 0. The molecule has 7 rings (SSSR count). The molecule has 0 unspecified atom stereocenters. The molecular weight excluding hydrogens is 612 g/mol. The molecular formula is C42H43BrN2. The molecule has 0 aliphatic rings. The second-order valence-corrected chi connectivity index (χ2v) is 11.5. The molecule has 0 fully saturated rings. The number of hydrogen-bond acceptors (Lipinski definition) is 0. The van der Waals surface area contributed by atoms with E-state index < -0.39 is 0 Å². The molecule has 0 radical (unpaired) electrons. The number of rotatable bonds is 4. The van der Waals surface area contributed by atoms with Crippen LogP contribution in [0.3, 0.4) is 0 Å². The minimum Gasteiger partial charge on any atom is -0.355 e. The van der Waals surface area contributed by atoms with E-state index in [4.69, 9.17) is 0 Å². The number of fused-ring (bicyclic) bond motifs is 4. The molecule has 0 saturated carbocycles. The van der Waals surface area contributed by atoms with Gasteiger partial charge in [0.1, 0.15) is 0 Å². The van der Waals surface area contributed by atoms with E-state index in [1.54, 1.807) is 0 Å². The Bertz CT molecular complexity index is 2010. The van der Waals surface area contributed by atoms with Crippen LogP contribution in [-0.2, 0) is 0 Å². The molecule has 0 aliphatic heterocycles. The fourth-order valence-corrected chi connectivity index (χ4v) is 5.92. The zero-order valence-electron chi connectivity index (χ0n) is 27.1. The molecule has 2 aromatic heterocycles. The van der Waals surface area contributed by atoms with Crippen LogP contribution in [-0.4, -0.2) is 9.55 Å². The van der Waals surface area contributed by atoms with E-state index in [-0.39, 0.29) is 0 Å². The van der Waals surface area contributed by atoms with Gasteiger partial charge in [0, 0.05) is 43.1 Å². The Morgan fingerprint density at radius 3 is 1.91 bits per heavy atom. The molecule has 228 valence electrons. The van der Waals surface area contributed by atoms with E-state index in [2.05, 4.69) is 163 Å². The first-order valence-corrected chi connectivity index (χ1v) is 16.5. The van der Waals surface area contributed by atoms with E-state index in [1.165, 1.54) is 56.0 Å². The maximum absolute atomic E-state index is 4.00. The van der Waals surface area contributed by atoms with Crippen LogP contribution >= 0.6 is 15.9 Å². The van der Waals surface area contributed by atoms with E-state index in [0.717, 1.165) is 21.2 Å². The molecule has 0 saturated heterocycles. The number of nitrogens with zero attached hydrogens (tertiary/aromatic N) is 1. The lowest BCUT2D eigenvalue weighted by atomic mass is 10.00. The number of hydrogen-bond donors (Lipinski definition) is 1. The summed E-state index contributed by atoms with van der Waals surface area (Å²) in [6.07, 6.45) is 5.00. The molecule has 0 bridgehead atoms. The monoisotopic (exact) mass is 654 g/mol. The van der Waals surface area contributed by atoms with Crippen molar-refractivity contribution < 1.29 is 0 Å². The fraction of sp³-hybridized carbons (Fsp3) is 0.143. The summed E-state index contributed by atoms with van der Waals surface area (Å²) in [6, 6.07) is 40.7.